The Labute approximate surface area is 213 Å². The highest BCUT2D eigenvalue weighted by Crippen LogP contribution is 2.37. The molecule has 0 aliphatic carbocycles. The summed E-state index contributed by atoms with van der Waals surface area (Å²) in [4.78, 5) is 22.4. The van der Waals surface area contributed by atoms with Gasteiger partial charge in [0.05, 0.1) is 24.1 Å². The maximum atomic E-state index is 13.5. The molecule has 36 heavy (non-hydrogen) atoms. The minimum atomic E-state index is -0.466. The van der Waals surface area contributed by atoms with Crippen LogP contribution in [-0.4, -0.2) is 32.3 Å². The molecule has 0 unspecified atom stereocenters. The van der Waals surface area contributed by atoms with Gasteiger partial charge in [-0.2, -0.15) is 4.98 Å². The Bertz CT molecular complexity index is 1370. The van der Waals surface area contributed by atoms with E-state index >= 15 is 0 Å². The zero-order valence-corrected chi connectivity index (χ0v) is 20.8. The molecule has 3 heterocycles. The maximum absolute atomic E-state index is 13.5. The van der Waals surface area contributed by atoms with Crippen molar-refractivity contribution >= 4 is 29.3 Å². The van der Waals surface area contributed by atoms with E-state index in [0.717, 1.165) is 22.8 Å². The fourth-order valence-corrected chi connectivity index (χ4v) is 4.85. The van der Waals surface area contributed by atoms with Gasteiger partial charge in [-0.1, -0.05) is 54.2 Å². The first-order valence-corrected chi connectivity index (χ1v) is 12.7. The van der Waals surface area contributed by atoms with Gasteiger partial charge in [0.2, 0.25) is 11.1 Å². The van der Waals surface area contributed by atoms with Gasteiger partial charge in [0.1, 0.15) is 11.8 Å². The molecule has 2 aromatic heterocycles. The minimum Gasteiger partial charge on any atom is -0.494 e. The van der Waals surface area contributed by atoms with Crippen LogP contribution in [-0.2, 0) is 10.5 Å². The zero-order chi connectivity index (χ0) is 24.9. The number of nitrogens with one attached hydrogen (secondary N) is 2. The largest absolute Gasteiger partial charge is 0.494 e. The molecule has 1 atom stereocenters. The molecule has 0 bridgehead atoms. The van der Waals surface area contributed by atoms with Gasteiger partial charge in [-0.3, -0.25) is 9.78 Å². The number of amides is 1. The highest BCUT2D eigenvalue weighted by molar-refractivity contribution is 7.98. The number of ether oxygens (including phenoxy) is 1. The van der Waals surface area contributed by atoms with Crippen LogP contribution in [0.25, 0.3) is 0 Å². The van der Waals surface area contributed by atoms with E-state index in [4.69, 9.17) is 14.8 Å². The number of fused-ring (bicyclic) bond motifs is 1. The van der Waals surface area contributed by atoms with E-state index in [1.54, 1.807) is 34.9 Å². The monoisotopic (exact) mass is 498 g/mol. The summed E-state index contributed by atoms with van der Waals surface area (Å²) in [6.07, 6.45) is 3.29. The smallest absolute Gasteiger partial charge is 0.255 e. The highest BCUT2D eigenvalue weighted by atomic mass is 32.2. The number of aromatic nitrogens is 4. The van der Waals surface area contributed by atoms with Crippen LogP contribution in [0.4, 0.5) is 11.6 Å². The van der Waals surface area contributed by atoms with Crippen molar-refractivity contribution in [3.8, 4) is 5.75 Å². The third-order valence-corrected chi connectivity index (χ3v) is 6.62. The van der Waals surface area contributed by atoms with E-state index in [-0.39, 0.29) is 5.91 Å². The summed E-state index contributed by atoms with van der Waals surface area (Å²) in [6.45, 7) is 4.42. The Kier molecular flexibility index (Phi) is 6.99. The summed E-state index contributed by atoms with van der Waals surface area (Å²) in [5, 5.41) is 11.7. The van der Waals surface area contributed by atoms with Crippen molar-refractivity contribution in [1.29, 1.82) is 0 Å². The average molecular weight is 499 g/mol. The van der Waals surface area contributed by atoms with E-state index in [9.17, 15) is 4.79 Å². The molecule has 4 aromatic rings. The quantitative estimate of drug-likeness (QED) is 0.319. The van der Waals surface area contributed by atoms with Crippen LogP contribution in [0, 0.1) is 0 Å². The van der Waals surface area contributed by atoms with Crippen LogP contribution in [0.15, 0.2) is 95.6 Å². The number of benzene rings is 2. The number of pyridine rings is 1. The Balaban J connectivity index is 1.49. The molecule has 0 saturated carbocycles. The van der Waals surface area contributed by atoms with Crippen molar-refractivity contribution in [2.75, 3.05) is 17.2 Å². The Morgan fingerprint density at radius 2 is 1.92 bits per heavy atom. The van der Waals surface area contributed by atoms with Gasteiger partial charge in [0.25, 0.3) is 5.91 Å². The lowest BCUT2D eigenvalue weighted by atomic mass is 9.95. The van der Waals surface area contributed by atoms with Gasteiger partial charge >= 0.3 is 0 Å². The van der Waals surface area contributed by atoms with Crippen molar-refractivity contribution in [2.24, 2.45) is 0 Å². The molecule has 5 rings (SSSR count). The lowest BCUT2D eigenvalue weighted by molar-refractivity contribution is -0.113. The van der Waals surface area contributed by atoms with Crippen LogP contribution < -0.4 is 15.4 Å². The van der Waals surface area contributed by atoms with Crippen LogP contribution in [0.5, 0.6) is 5.75 Å². The number of carbonyl (C=O) groups is 1. The van der Waals surface area contributed by atoms with Crippen LogP contribution in [0.2, 0.25) is 0 Å². The molecule has 0 spiro atoms. The average Bonchev–Trinajstić information content (AvgIpc) is 3.31. The molecule has 0 saturated heterocycles. The Morgan fingerprint density at radius 3 is 2.64 bits per heavy atom. The molecule has 1 amide bonds. The standard InChI is InChI=1S/C27H26N6O2S/c1-3-35-22-13-11-20(12-14-22)24-23(25(34)30-21-10-7-15-28-16-21)18(2)29-26-31-27(32-33(24)26)36-17-19-8-5-4-6-9-19/h4-16,24H,3,17H2,1-2H3,(H,30,34)(H,29,31,32)/t24-/m0/s1. The number of hydrogen-bond donors (Lipinski definition) is 2. The maximum Gasteiger partial charge on any atom is 0.255 e. The van der Waals surface area contributed by atoms with Crippen molar-refractivity contribution in [1.82, 2.24) is 19.7 Å². The molecule has 8 nitrogen and oxygen atoms in total. The SMILES string of the molecule is CCOc1ccc([C@H]2C(C(=O)Nc3cccnc3)=C(C)Nc3nc(SCc4ccccc4)nn32)cc1. The number of allylic oxidation sites excluding steroid dienone is 1. The number of hydrogen-bond acceptors (Lipinski definition) is 7. The number of thioether (sulfide) groups is 1. The van der Waals surface area contributed by atoms with Crippen molar-refractivity contribution in [3.63, 3.8) is 0 Å². The third-order valence-electron chi connectivity index (χ3n) is 5.71. The number of carbonyl (C=O) groups excluding carboxylic acids is 1. The summed E-state index contributed by atoms with van der Waals surface area (Å²) in [6, 6.07) is 21.1. The second-order valence-corrected chi connectivity index (χ2v) is 9.14. The molecular weight excluding hydrogens is 472 g/mol. The number of nitrogens with zero attached hydrogens (tertiary/aromatic N) is 4. The van der Waals surface area contributed by atoms with Gasteiger partial charge in [-0.25, -0.2) is 4.68 Å². The summed E-state index contributed by atoms with van der Waals surface area (Å²) in [7, 11) is 0. The van der Waals surface area contributed by atoms with E-state index < -0.39 is 6.04 Å². The Hall–Kier alpha value is -4.11. The summed E-state index contributed by atoms with van der Waals surface area (Å²) in [5.74, 6) is 1.89. The van der Waals surface area contributed by atoms with E-state index in [1.165, 1.54) is 5.56 Å². The molecular formula is C27H26N6O2S. The van der Waals surface area contributed by atoms with Crippen LogP contribution in [0.3, 0.4) is 0 Å². The van der Waals surface area contributed by atoms with Gasteiger partial charge in [-0.05, 0) is 49.2 Å². The zero-order valence-electron chi connectivity index (χ0n) is 20.0. The van der Waals surface area contributed by atoms with Crippen LogP contribution >= 0.6 is 11.8 Å². The molecule has 0 radical (unpaired) electrons. The first-order valence-electron chi connectivity index (χ1n) is 11.7. The molecule has 1 aliphatic heterocycles. The summed E-state index contributed by atoms with van der Waals surface area (Å²) < 4.78 is 7.41. The van der Waals surface area contributed by atoms with Crippen molar-refractivity contribution < 1.29 is 9.53 Å². The van der Waals surface area contributed by atoms with Gasteiger partial charge in [0, 0.05) is 17.6 Å². The summed E-state index contributed by atoms with van der Waals surface area (Å²) >= 11 is 1.56. The van der Waals surface area contributed by atoms with Crippen LogP contribution in [0.1, 0.15) is 31.0 Å². The van der Waals surface area contributed by atoms with Gasteiger partial charge in [-0.15, -0.1) is 5.10 Å². The molecule has 2 aromatic carbocycles. The van der Waals surface area contributed by atoms with Gasteiger partial charge < -0.3 is 15.4 Å². The Morgan fingerprint density at radius 1 is 1.11 bits per heavy atom. The first kappa shape index (κ1) is 23.6. The molecule has 182 valence electrons. The topological polar surface area (TPSA) is 94.0 Å². The highest BCUT2D eigenvalue weighted by Gasteiger charge is 2.34. The van der Waals surface area contributed by atoms with E-state index in [0.29, 0.717) is 29.0 Å². The predicted octanol–water partition coefficient (Wildman–Crippen LogP) is 5.29. The number of anilines is 2. The lowest BCUT2D eigenvalue weighted by Crippen LogP contribution is -2.31. The molecule has 9 heteroatoms. The second-order valence-electron chi connectivity index (χ2n) is 8.20. The van der Waals surface area contributed by atoms with Crippen molar-refractivity contribution in [3.05, 3.63) is 102 Å². The third kappa shape index (κ3) is 5.11. The molecule has 1 aliphatic rings. The second kappa shape index (κ2) is 10.7. The molecule has 2 N–H and O–H groups in total. The fraction of sp³-hybridized carbons (Fsp3) is 0.185. The number of rotatable bonds is 8. The van der Waals surface area contributed by atoms with Crippen molar-refractivity contribution in [2.45, 2.75) is 30.8 Å². The van der Waals surface area contributed by atoms with E-state index in [1.807, 2.05) is 62.4 Å². The van der Waals surface area contributed by atoms with Gasteiger partial charge in [0.15, 0.2) is 0 Å². The minimum absolute atomic E-state index is 0.230. The fourth-order valence-electron chi connectivity index (χ4n) is 4.07. The molecule has 0 fully saturated rings. The predicted molar refractivity (Wildman–Crippen MR) is 141 cm³/mol. The first-order chi connectivity index (χ1) is 17.6. The normalized spacial score (nSPS) is 14.7. The summed E-state index contributed by atoms with van der Waals surface area (Å²) in [5.41, 5.74) is 3.99. The lowest BCUT2D eigenvalue weighted by Gasteiger charge is -2.28. The van der Waals surface area contributed by atoms with E-state index in [2.05, 4.69) is 27.8 Å².